The van der Waals surface area contributed by atoms with Crippen LogP contribution in [0, 0.1) is 11.3 Å². The Hall–Kier alpha value is -1.83. The van der Waals surface area contributed by atoms with E-state index >= 15 is 0 Å². The van der Waals surface area contributed by atoms with Crippen molar-refractivity contribution in [2.45, 2.75) is 39.7 Å². The first-order valence-corrected chi connectivity index (χ1v) is 6.10. The van der Waals surface area contributed by atoms with Crippen LogP contribution in [0.5, 0.6) is 0 Å². The highest BCUT2D eigenvalue weighted by atomic mass is 16.2. The molecule has 0 unspecified atom stereocenters. The van der Waals surface area contributed by atoms with Gasteiger partial charge in [0, 0.05) is 13.1 Å². The third kappa shape index (κ3) is 2.89. The lowest BCUT2D eigenvalue weighted by Gasteiger charge is -2.23. The van der Waals surface area contributed by atoms with Crippen LogP contribution in [0.2, 0.25) is 0 Å². The van der Waals surface area contributed by atoms with Gasteiger partial charge in [0.05, 0.1) is 11.8 Å². The van der Waals surface area contributed by atoms with E-state index in [1.807, 2.05) is 33.8 Å². The molecule has 98 valence electrons. The van der Waals surface area contributed by atoms with Gasteiger partial charge in [0.2, 0.25) is 0 Å². The average Bonchev–Trinajstić information content (AvgIpc) is 2.67. The number of carbonyl (C=O) groups is 1. The van der Waals surface area contributed by atoms with Crippen molar-refractivity contribution in [3.63, 3.8) is 0 Å². The lowest BCUT2D eigenvalue weighted by molar-refractivity contribution is 0.0720. The van der Waals surface area contributed by atoms with E-state index in [0.717, 1.165) is 5.69 Å². The molecule has 0 radical (unpaired) electrons. The van der Waals surface area contributed by atoms with Gasteiger partial charge in [-0.25, -0.2) is 0 Å². The van der Waals surface area contributed by atoms with Crippen LogP contribution in [-0.4, -0.2) is 33.2 Å². The second-order valence-corrected chi connectivity index (χ2v) is 4.92. The van der Waals surface area contributed by atoms with Crippen LogP contribution in [0.1, 0.15) is 49.8 Å². The molecule has 0 saturated carbocycles. The Labute approximate surface area is 108 Å². The summed E-state index contributed by atoms with van der Waals surface area (Å²) in [6.45, 7) is 7.96. The van der Waals surface area contributed by atoms with Crippen LogP contribution in [0.4, 0.5) is 0 Å². The molecule has 0 aliphatic carbocycles. The molecular weight excluding hydrogens is 228 g/mol. The third-order valence-corrected chi connectivity index (χ3v) is 2.83. The first-order valence-electron chi connectivity index (χ1n) is 6.10. The summed E-state index contributed by atoms with van der Waals surface area (Å²) >= 11 is 0. The van der Waals surface area contributed by atoms with Gasteiger partial charge in [0.25, 0.3) is 5.91 Å². The van der Waals surface area contributed by atoms with E-state index in [9.17, 15) is 4.79 Å². The maximum atomic E-state index is 12.3. The fraction of sp³-hybridized carbons (Fsp3) is 0.615. The van der Waals surface area contributed by atoms with Crippen molar-refractivity contribution in [3.8, 4) is 6.07 Å². The van der Waals surface area contributed by atoms with Crippen LogP contribution in [0.3, 0.4) is 0 Å². The molecule has 0 aliphatic rings. The van der Waals surface area contributed by atoms with Gasteiger partial charge in [0.1, 0.15) is 12.2 Å². The number of aromatic nitrogens is 2. The normalized spacial score (nSPS) is 10.8. The van der Waals surface area contributed by atoms with Crippen molar-refractivity contribution in [3.05, 3.63) is 17.5 Å². The molecule has 0 spiro atoms. The molecular formula is C13H20N4O. The molecule has 1 heterocycles. The largest absolute Gasteiger partial charge is 0.322 e. The zero-order valence-corrected chi connectivity index (χ0v) is 11.6. The van der Waals surface area contributed by atoms with Gasteiger partial charge in [-0.05, 0) is 25.8 Å². The summed E-state index contributed by atoms with van der Waals surface area (Å²) in [7, 11) is 1.75. The maximum Gasteiger partial charge on any atom is 0.273 e. The lowest BCUT2D eigenvalue weighted by atomic mass is 10.1. The topological polar surface area (TPSA) is 61.9 Å². The number of amides is 1. The first kappa shape index (κ1) is 14.2. The molecule has 0 N–H and O–H groups in total. The summed E-state index contributed by atoms with van der Waals surface area (Å²) in [5.41, 5.74) is 1.42. The van der Waals surface area contributed by atoms with E-state index in [0.29, 0.717) is 5.69 Å². The zero-order chi connectivity index (χ0) is 13.9. The summed E-state index contributed by atoms with van der Waals surface area (Å²) in [6, 6.07) is 3.82. The first-order chi connectivity index (χ1) is 8.38. The van der Waals surface area contributed by atoms with E-state index < -0.39 is 0 Å². The van der Waals surface area contributed by atoms with E-state index in [-0.39, 0.29) is 24.4 Å². The highest BCUT2D eigenvalue weighted by Gasteiger charge is 2.22. The van der Waals surface area contributed by atoms with Crippen molar-refractivity contribution in [1.82, 2.24) is 14.7 Å². The Morgan fingerprint density at radius 2 is 2.11 bits per heavy atom. The molecule has 1 aromatic heterocycles. The van der Waals surface area contributed by atoms with Crippen molar-refractivity contribution >= 4 is 5.91 Å². The summed E-state index contributed by atoms with van der Waals surface area (Å²) in [5.74, 6) is 0.134. The van der Waals surface area contributed by atoms with E-state index in [1.54, 1.807) is 22.7 Å². The molecule has 5 heteroatoms. The monoisotopic (exact) mass is 248 g/mol. The third-order valence-electron chi connectivity index (χ3n) is 2.83. The predicted octanol–water partition coefficient (Wildman–Crippen LogP) is 1.92. The minimum atomic E-state index is -0.145. The van der Waals surface area contributed by atoms with Crippen molar-refractivity contribution in [2.24, 2.45) is 7.05 Å². The average molecular weight is 248 g/mol. The Balaban J connectivity index is 3.06. The van der Waals surface area contributed by atoms with Gasteiger partial charge in [-0.15, -0.1) is 0 Å². The highest BCUT2D eigenvalue weighted by Crippen LogP contribution is 2.16. The Morgan fingerprint density at radius 3 is 2.50 bits per heavy atom. The number of hydrogen-bond acceptors (Lipinski definition) is 3. The van der Waals surface area contributed by atoms with E-state index in [4.69, 9.17) is 5.26 Å². The molecule has 0 fully saturated rings. The lowest BCUT2D eigenvalue weighted by Crippen LogP contribution is -2.38. The van der Waals surface area contributed by atoms with Gasteiger partial charge in [0.15, 0.2) is 0 Å². The standard InChI is InChI=1S/C13H20N4O/c1-9(2)11-8-12(16(5)15-11)13(18)17(7-6-14)10(3)4/h8-10H,7H2,1-5H3. The fourth-order valence-corrected chi connectivity index (χ4v) is 1.68. The molecule has 0 atom stereocenters. The molecule has 0 aliphatic heterocycles. The van der Waals surface area contributed by atoms with E-state index in [2.05, 4.69) is 5.10 Å². The second kappa shape index (κ2) is 5.67. The van der Waals surface area contributed by atoms with Crippen LogP contribution < -0.4 is 0 Å². The molecule has 1 amide bonds. The summed E-state index contributed by atoms with van der Waals surface area (Å²) in [6.07, 6.45) is 0. The highest BCUT2D eigenvalue weighted by molar-refractivity contribution is 5.93. The van der Waals surface area contributed by atoms with Crippen LogP contribution in [-0.2, 0) is 7.05 Å². The van der Waals surface area contributed by atoms with Crippen molar-refractivity contribution in [2.75, 3.05) is 6.54 Å². The van der Waals surface area contributed by atoms with Gasteiger partial charge in [-0.1, -0.05) is 13.8 Å². The molecule has 1 aromatic rings. The second-order valence-electron chi connectivity index (χ2n) is 4.92. The van der Waals surface area contributed by atoms with Gasteiger partial charge < -0.3 is 4.90 Å². The van der Waals surface area contributed by atoms with Crippen molar-refractivity contribution < 1.29 is 4.79 Å². The molecule has 0 aromatic carbocycles. The molecule has 0 bridgehead atoms. The van der Waals surface area contributed by atoms with Crippen LogP contribution in [0.15, 0.2) is 6.07 Å². The van der Waals surface area contributed by atoms with Gasteiger partial charge >= 0.3 is 0 Å². The number of nitriles is 1. The fourth-order valence-electron chi connectivity index (χ4n) is 1.68. The van der Waals surface area contributed by atoms with Crippen LogP contribution in [0.25, 0.3) is 0 Å². The number of hydrogen-bond donors (Lipinski definition) is 0. The smallest absolute Gasteiger partial charge is 0.273 e. The summed E-state index contributed by atoms with van der Waals surface area (Å²) < 4.78 is 1.59. The van der Waals surface area contributed by atoms with Crippen LogP contribution >= 0.6 is 0 Å². The molecule has 1 rings (SSSR count). The minimum Gasteiger partial charge on any atom is -0.322 e. The summed E-state index contributed by atoms with van der Waals surface area (Å²) in [5, 5.41) is 13.1. The maximum absolute atomic E-state index is 12.3. The van der Waals surface area contributed by atoms with Gasteiger partial charge in [-0.2, -0.15) is 10.4 Å². The zero-order valence-electron chi connectivity index (χ0n) is 11.6. The number of carbonyl (C=O) groups excluding carboxylic acids is 1. The van der Waals surface area contributed by atoms with Crippen molar-refractivity contribution in [1.29, 1.82) is 5.26 Å². The molecule has 0 saturated heterocycles. The predicted molar refractivity (Wildman–Crippen MR) is 69.1 cm³/mol. The van der Waals surface area contributed by atoms with E-state index in [1.165, 1.54) is 0 Å². The summed E-state index contributed by atoms with van der Waals surface area (Å²) in [4.78, 5) is 13.9. The number of rotatable bonds is 4. The molecule has 5 nitrogen and oxygen atoms in total. The Kier molecular flexibility index (Phi) is 4.49. The Bertz CT molecular complexity index is 468. The SMILES string of the molecule is CC(C)c1cc(C(=O)N(CC#N)C(C)C)n(C)n1. The Morgan fingerprint density at radius 1 is 1.50 bits per heavy atom. The molecule has 18 heavy (non-hydrogen) atoms. The van der Waals surface area contributed by atoms with Gasteiger partial charge in [-0.3, -0.25) is 9.48 Å². The quantitative estimate of drug-likeness (QED) is 0.765. The number of aryl methyl sites for hydroxylation is 1. The number of nitrogens with zero attached hydrogens (tertiary/aromatic N) is 4. The minimum absolute atomic E-state index is 0.00505.